The Hall–Kier alpha value is -5.98. The fourth-order valence-corrected chi connectivity index (χ4v) is 9.16. The molecule has 4 saturated heterocycles. The van der Waals surface area contributed by atoms with E-state index in [9.17, 15) is 9.59 Å². The van der Waals surface area contributed by atoms with Gasteiger partial charge in [0.05, 0.1) is 38.5 Å². The molecule has 19 nitrogen and oxygen atoms in total. The standard InChI is InChI=1S/C27H42N6O4.C26H39N5O4/c1-27(2,3)37-26(34)33-15-13-32(14-16-33)24-20-18-22(35-6)23(19-21(20)28-25(29-24)30(4)5)36-17-9-12-31-10-7-8-11-31;1-6-7-16-34-22-18-20-19(17-21(22)33-5)23(28-24(27-20)30-10-8-9-11-30)29-12-14-31(15-13-29)25(32)35-26(2,3)4/h18-19H,7-17H2,1-6H3;17-18H,6-16H2,1-5H3. The molecule has 396 valence electrons. The van der Waals surface area contributed by atoms with E-state index in [1.165, 1.54) is 25.9 Å². The summed E-state index contributed by atoms with van der Waals surface area (Å²) in [6, 6.07) is 7.89. The maximum atomic E-state index is 12.5. The molecule has 72 heavy (non-hydrogen) atoms. The summed E-state index contributed by atoms with van der Waals surface area (Å²) in [4.78, 5) is 59.3. The quantitative estimate of drug-likeness (QED) is 0.105. The molecule has 0 unspecified atom stereocenters. The number of carbonyl (C=O) groups excluding carboxylic acids is 2. The lowest BCUT2D eigenvalue weighted by atomic mass is 10.1. The Morgan fingerprint density at radius 3 is 1.47 bits per heavy atom. The monoisotopic (exact) mass is 1000 g/mol. The van der Waals surface area contributed by atoms with Gasteiger partial charge in [-0.05, 0) is 105 Å². The minimum atomic E-state index is -0.512. The molecule has 0 saturated carbocycles. The average Bonchev–Trinajstić information content (AvgIpc) is 4.10. The largest absolute Gasteiger partial charge is 0.493 e. The van der Waals surface area contributed by atoms with E-state index in [0.717, 1.165) is 91.1 Å². The number of nitrogens with zero attached hydrogens (tertiary/aromatic N) is 11. The van der Waals surface area contributed by atoms with Gasteiger partial charge in [0, 0.05) is 109 Å². The number of methoxy groups -OCH3 is 2. The predicted molar refractivity (Wildman–Crippen MR) is 284 cm³/mol. The van der Waals surface area contributed by atoms with Crippen molar-refractivity contribution >= 4 is 57.5 Å². The molecule has 0 aliphatic carbocycles. The zero-order valence-electron chi connectivity index (χ0n) is 45.1. The van der Waals surface area contributed by atoms with E-state index < -0.39 is 11.2 Å². The van der Waals surface area contributed by atoms with Gasteiger partial charge in [0.15, 0.2) is 23.0 Å². The van der Waals surface area contributed by atoms with Crippen LogP contribution in [0.4, 0.5) is 33.1 Å². The van der Waals surface area contributed by atoms with Gasteiger partial charge in [-0.1, -0.05) is 13.3 Å². The summed E-state index contributed by atoms with van der Waals surface area (Å²) in [7, 11) is 7.19. The van der Waals surface area contributed by atoms with Crippen LogP contribution in [0.3, 0.4) is 0 Å². The molecule has 0 bridgehead atoms. The molecule has 19 heteroatoms. The van der Waals surface area contributed by atoms with Crippen LogP contribution in [0.2, 0.25) is 0 Å². The molecule has 4 aliphatic heterocycles. The fraction of sp³-hybridized carbons (Fsp3) is 0.660. The van der Waals surface area contributed by atoms with E-state index >= 15 is 0 Å². The SMILES string of the molecule is CCCCOc1cc2nc(N3CCCC3)nc(N3CCN(C(=O)OC(C)(C)C)CC3)c2cc1OC.COc1cc2c(N3CCN(C(=O)OC(C)(C)C)CC3)nc(N(C)C)nc2cc1OCCCN1CCCC1. The third-order valence-electron chi connectivity index (χ3n) is 13.0. The van der Waals surface area contributed by atoms with E-state index in [1.54, 1.807) is 24.0 Å². The lowest BCUT2D eigenvalue weighted by Gasteiger charge is -2.36. The topological polar surface area (TPSA) is 164 Å². The fourth-order valence-electron chi connectivity index (χ4n) is 9.16. The zero-order valence-corrected chi connectivity index (χ0v) is 45.1. The Labute approximate surface area is 427 Å². The molecule has 8 rings (SSSR count). The van der Waals surface area contributed by atoms with E-state index in [4.69, 9.17) is 48.4 Å². The first-order chi connectivity index (χ1) is 34.4. The maximum absolute atomic E-state index is 12.5. The summed E-state index contributed by atoms with van der Waals surface area (Å²) in [6.07, 6.45) is 7.38. The van der Waals surface area contributed by atoms with Crippen molar-refractivity contribution in [1.82, 2.24) is 34.6 Å². The zero-order chi connectivity index (χ0) is 51.6. The molecule has 4 aromatic rings. The lowest BCUT2D eigenvalue weighted by Crippen LogP contribution is -2.50. The number of carbonyl (C=O) groups is 2. The number of benzene rings is 2. The second kappa shape index (κ2) is 24.2. The number of fused-ring (bicyclic) bond motifs is 2. The minimum absolute atomic E-state index is 0.266. The summed E-state index contributed by atoms with van der Waals surface area (Å²) in [5, 5.41) is 1.83. The van der Waals surface area contributed by atoms with Crippen LogP contribution < -0.4 is 38.5 Å². The Kier molecular flexibility index (Phi) is 18.1. The highest BCUT2D eigenvalue weighted by Crippen LogP contribution is 2.39. The van der Waals surface area contributed by atoms with E-state index in [0.29, 0.717) is 94.5 Å². The maximum Gasteiger partial charge on any atom is 0.410 e. The normalized spacial score (nSPS) is 16.7. The highest BCUT2D eigenvalue weighted by molar-refractivity contribution is 5.94. The molecule has 4 aliphatic rings. The smallest absolute Gasteiger partial charge is 0.410 e. The van der Waals surface area contributed by atoms with Crippen molar-refractivity contribution in [2.24, 2.45) is 0 Å². The van der Waals surface area contributed by atoms with Gasteiger partial charge in [0.1, 0.15) is 22.8 Å². The summed E-state index contributed by atoms with van der Waals surface area (Å²) in [5.41, 5.74) is 0.634. The second-order valence-corrected chi connectivity index (χ2v) is 21.2. The van der Waals surface area contributed by atoms with Crippen LogP contribution in [0, 0.1) is 0 Å². The molecular weight excluding hydrogens is 919 g/mol. The van der Waals surface area contributed by atoms with Gasteiger partial charge in [-0.25, -0.2) is 19.6 Å². The summed E-state index contributed by atoms with van der Waals surface area (Å²) >= 11 is 0. The molecule has 2 amide bonds. The molecule has 6 heterocycles. The number of likely N-dealkylation sites (tertiary alicyclic amines) is 1. The van der Waals surface area contributed by atoms with Crippen molar-refractivity contribution in [2.75, 3.05) is 146 Å². The van der Waals surface area contributed by atoms with Crippen molar-refractivity contribution in [3.05, 3.63) is 24.3 Å². The lowest BCUT2D eigenvalue weighted by molar-refractivity contribution is 0.0230. The molecule has 0 N–H and O–H groups in total. The third kappa shape index (κ3) is 14.2. The summed E-state index contributed by atoms with van der Waals surface area (Å²) in [5.74, 6) is 5.84. The van der Waals surface area contributed by atoms with Crippen LogP contribution in [0.5, 0.6) is 23.0 Å². The highest BCUT2D eigenvalue weighted by Gasteiger charge is 2.31. The predicted octanol–water partition coefficient (Wildman–Crippen LogP) is 8.10. The van der Waals surface area contributed by atoms with Gasteiger partial charge in [-0.15, -0.1) is 0 Å². The summed E-state index contributed by atoms with van der Waals surface area (Å²) < 4.78 is 34.7. The van der Waals surface area contributed by atoms with E-state index in [1.807, 2.05) is 84.8 Å². The number of piperazine rings is 2. The first-order valence-electron chi connectivity index (χ1n) is 26.1. The van der Waals surface area contributed by atoms with Gasteiger partial charge in [-0.3, -0.25) is 0 Å². The van der Waals surface area contributed by atoms with Crippen molar-refractivity contribution in [1.29, 1.82) is 0 Å². The third-order valence-corrected chi connectivity index (χ3v) is 13.0. The number of rotatable bonds is 15. The second-order valence-electron chi connectivity index (χ2n) is 21.2. The molecular formula is C53H81N11O8. The number of ether oxygens (including phenoxy) is 6. The van der Waals surface area contributed by atoms with Gasteiger partial charge in [0.2, 0.25) is 11.9 Å². The van der Waals surface area contributed by atoms with Crippen molar-refractivity contribution in [2.45, 2.75) is 105 Å². The van der Waals surface area contributed by atoms with Crippen molar-refractivity contribution in [3.8, 4) is 23.0 Å². The highest BCUT2D eigenvalue weighted by atomic mass is 16.6. The average molecular weight is 1000 g/mol. The molecule has 0 spiro atoms. The van der Waals surface area contributed by atoms with Gasteiger partial charge >= 0.3 is 12.2 Å². The number of hydrogen-bond acceptors (Lipinski definition) is 17. The molecule has 2 aromatic carbocycles. The Morgan fingerprint density at radius 1 is 0.556 bits per heavy atom. The first-order valence-corrected chi connectivity index (χ1v) is 26.1. The van der Waals surface area contributed by atoms with Gasteiger partial charge in [-0.2, -0.15) is 9.97 Å². The number of unbranched alkanes of at least 4 members (excludes halogenated alkanes) is 1. The molecule has 2 aromatic heterocycles. The van der Waals surface area contributed by atoms with Crippen LogP contribution in [0.1, 0.15) is 93.4 Å². The van der Waals surface area contributed by atoms with Gasteiger partial charge < -0.3 is 62.7 Å². The summed E-state index contributed by atoms with van der Waals surface area (Å²) in [6.45, 7) is 25.0. The van der Waals surface area contributed by atoms with Crippen molar-refractivity contribution in [3.63, 3.8) is 0 Å². The van der Waals surface area contributed by atoms with Crippen LogP contribution in [0.15, 0.2) is 24.3 Å². The number of hydrogen-bond donors (Lipinski definition) is 0. The molecule has 4 fully saturated rings. The Bertz CT molecular complexity index is 2430. The van der Waals surface area contributed by atoms with E-state index in [-0.39, 0.29) is 12.2 Å². The van der Waals surface area contributed by atoms with E-state index in [2.05, 4.69) is 26.5 Å². The van der Waals surface area contributed by atoms with Crippen LogP contribution in [0.25, 0.3) is 21.8 Å². The molecule has 0 atom stereocenters. The number of anilines is 4. The molecule has 0 radical (unpaired) electrons. The Balaban J connectivity index is 0.000000212. The first kappa shape index (κ1) is 53.8. The van der Waals surface area contributed by atoms with Crippen LogP contribution in [-0.4, -0.2) is 185 Å². The Morgan fingerprint density at radius 2 is 1.01 bits per heavy atom. The van der Waals surface area contributed by atoms with Crippen molar-refractivity contribution < 1.29 is 38.0 Å². The minimum Gasteiger partial charge on any atom is -0.493 e. The van der Waals surface area contributed by atoms with Crippen LogP contribution in [-0.2, 0) is 9.47 Å². The number of aromatic nitrogens is 4. The van der Waals surface area contributed by atoms with Gasteiger partial charge in [0.25, 0.3) is 0 Å². The van der Waals surface area contributed by atoms with Crippen LogP contribution >= 0.6 is 0 Å². The number of amides is 2.